The highest BCUT2D eigenvalue weighted by molar-refractivity contribution is 5.85. The van der Waals surface area contributed by atoms with E-state index in [9.17, 15) is 5.11 Å². The number of aromatic hydroxyl groups is 1. The maximum atomic E-state index is 10.6. The Morgan fingerprint density at radius 3 is 2.48 bits per heavy atom. The normalized spacial score (nSPS) is 21.1. The summed E-state index contributed by atoms with van der Waals surface area (Å²) in [6.07, 6.45) is 2.17. The molecule has 3 rings (SSSR count). The number of halogens is 2. The Kier molecular flexibility index (Phi) is 8.65. The number of nitrogens with one attached hydrogen (secondary N) is 1. The first-order chi connectivity index (χ1) is 10.3. The highest BCUT2D eigenvalue weighted by Crippen LogP contribution is 2.40. The summed E-state index contributed by atoms with van der Waals surface area (Å²) in [6, 6.07) is 6.47. The van der Waals surface area contributed by atoms with Gasteiger partial charge in [0.2, 0.25) is 0 Å². The first-order valence-corrected chi connectivity index (χ1v) is 8.08. The monoisotopic (exact) mass is 362 g/mol. The Morgan fingerprint density at radius 2 is 1.83 bits per heavy atom. The van der Waals surface area contributed by atoms with E-state index in [2.05, 4.69) is 22.3 Å². The quantitative estimate of drug-likeness (QED) is 0.867. The number of rotatable bonds is 3. The van der Waals surface area contributed by atoms with Gasteiger partial charge in [0.15, 0.2) is 0 Å². The van der Waals surface area contributed by atoms with Gasteiger partial charge in [0.05, 0.1) is 0 Å². The number of aryl methyl sites for hydroxylation is 1. The number of phenols is 1. The largest absolute Gasteiger partial charge is 0.507 e. The molecule has 0 aliphatic carbocycles. The van der Waals surface area contributed by atoms with Crippen LogP contribution >= 0.6 is 24.8 Å². The van der Waals surface area contributed by atoms with E-state index in [4.69, 9.17) is 4.74 Å². The molecule has 0 saturated carbocycles. The van der Waals surface area contributed by atoms with E-state index >= 15 is 0 Å². The van der Waals surface area contributed by atoms with Gasteiger partial charge >= 0.3 is 0 Å². The third-order valence-corrected chi connectivity index (χ3v) is 4.85. The predicted octanol–water partition coefficient (Wildman–Crippen LogP) is 2.92. The smallest absolute Gasteiger partial charge is 0.123 e. The summed E-state index contributed by atoms with van der Waals surface area (Å²) in [5, 5.41) is 14.0. The minimum absolute atomic E-state index is 0. The van der Waals surface area contributed by atoms with Crippen molar-refractivity contribution in [3.05, 3.63) is 29.3 Å². The Morgan fingerprint density at radius 1 is 1.17 bits per heavy atom. The first kappa shape index (κ1) is 20.5. The average Bonchev–Trinajstić information content (AvgIpc) is 2.54. The zero-order valence-corrected chi connectivity index (χ0v) is 15.3. The maximum absolute atomic E-state index is 10.6. The lowest BCUT2D eigenvalue weighted by atomic mass is 9.84. The van der Waals surface area contributed by atoms with Crippen molar-refractivity contribution in [2.45, 2.75) is 25.8 Å². The van der Waals surface area contributed by atoms with E-state index < -0.39 is 0 Å². The van der Waals surface area contributed by atoms with Crippen molar-refractivity contribution in [3.8, 4) is 5.75 Å². The van der Waals surface area contributed by atoms with E-state index in [0.717, 1.165) is 63.4 Å². The lowest BCUT2D eigenvalue weighted by Gasteiger charge is -2.41. The molecule has 0 unspecified atom stereocenters. The van der Waals surface area contributed by atoms with Crippen LogP contribution in [0.25, 0.3) is 0 Å². The number of phenolic OH excluding ortho intramolecular Hbond substituents is 1. The van der Waals surface area contributed by atoms with Crippen molar-refractivity contribution in [3.63, 3.8) is 0 Å². The zero-order valence-electron chi connectivity index (χ0n) is 13.7. The Labute approximate surface area is 151 Å². The average molecular weight is 363 g/mol. The van der Waals surface area contributed by atoms with E-state index in [1.807, 2.05) is 13.0 Å². The van der Waals surface area contributed by atoms with Crippen molar-refractivity contribution in [1.82, 2.24) is 10.2 Å². The van der Waals surface area contributed by atoms with Gasteiger partial charge in [0.25, 0.3) is 0 Å². The molecule has 1 aromatic carbocycles. The van der Waals surface area contributed by atoms with Gasteiger partial charge in [0.1, 0.15) is 5.75 Å². The molecule has 0 spiro atoms. The molecule has 2 heterocycles. The van der Waals surface area contributed by atoms with E-state index in [1.165, 1.54) is 0 Å². The second-order valence-corrected chi connectivity index (χ2v) is 6.19. The van der Waals surface area contributed by atoms with Crippen LogP contribution in [-0.2, 0) is 4.74 Å². The van der Waals surface area contributed by atoms with Crippen molar-refractivity contribution in [2.24, 2.45) is 5.92 Å². The summed E-state index contributed by atoms with van der Waals surface area (Å²) in [4.78, 5) is 2.54. The summed E-state index contributed by atoms with van der Waals surface area (Å²) < 4.78 is 5.53. The maximum Gasteiger partial charge on any atom is 0.123 e. The Hall–Kier alpha value is -0.520. The fourth-order valence-electron chi connectivity index (χ4n) is 3.66. The van der Waals surface area contributed by atoms with Crippen LogP contribution < -0.4 is 5.32 Å². The standard InChI is InChI=1S/C17H26N2O2.2ClH/c1-13-3-2-4-15(17(13)20)16(14-5-11-21-12-6-14)19-9-7-18-8-10-19;;/h2-4,14,16,18,20H,5-12H2,1H3;2*1H/t16-;;/m1../s1. The summed E-state index contributed by atoms with van der Waals surface area (Å²) in [5.74, 6) is 1.05. The molecule has 23 heavy (non-hydrogen) atoms. The molecule has 0 aromatic heterocycles. The van der Waals surface area contributed by atoms with Crippen LogP contribution in [0.3, 0.4) is 0 Å². The van der Waals surface area contributed by atoms with E-state index in [1.54, 1.807) is 0 Å². The molecule has 6 heteroatoms. The molecular weight excluding hydrogens is 335 g/mol. The fourth-order valence-corrected chi connectivity index (χ4v) is 3.66. The molecule has 1 atom stereocenters. The molecule has 132 valence electrons. The lowest BCUT2D eigenvalue weighted by Crippen LogP contribution is -2.47. The molecule has 4 nitrogen and oxygen atoms in total. The van der Waals surface area contributed by atoms with Gasteiger partial charge in [-0.2, -0.15) is 0 Å². The number of nitrogens with zero attached hydrogens (tertiary/aromatic N) is 1. The molecule has 2 aliphatic heterocycles. The molecule has 2 fully saturated rings. The Bertz CT molecular complexity index is 458. The topological polar surface area (TPSA) is 44.7 Å². The second kappa shape index (κ2) is 9.70. The lowest BCUT2D eigenvalue weighted by molar-refractivity contribution is 0.0206. The van der Waals surface area contributed by atoms with Crippen molar-refractivity contribution >= 4 is 24.8 Å². The van der Waals surface area contributed by atoms with E-state index in [0.29, 0.717) is 17.7 Å². The summed E-state index contributed by atoms with van der Waals surface area (Å²) in [6.45, 7) is 7.85. The van der Waals surface area contributed by atoms with Crippen LogP contribution in [-0.4, -0.2) is 49.4 Å². The van der Waals surface area contributed by atoms with Gasteiger partial charge in [-0.25, -0.2) is 0 Å². The highest BCUT2D eigenvalue weighted by Gasteiger charge is 2.32. The third-order valence-electron chi connectivity index (χ3n) is 4.85. The minimum Gasteiger partial charge on any atom is -0.507 e. The van der Waals surface area contributed by atoms with Gasteiger partial charge in [-0.1, -0.05) is 18.2 Å². The molecule has 0 bridgehead atoms. The van der Waals surface area contributed by atoms with Crippen molar-refractivity contribution in [1.29, 1.82) is 0 Å². The number of hydrogen-bond acceptors (Lipinski definition) is 4. The third kappa shape index (κ3) is 4.74. The second-order valence-electron chi connectivity index (χ2n) is 6.19. The predicted molar refractivity (Wildman–Crippen MR) is 98.1 cm³/mol. The summed E-state index contributed by atoms with van der Waals surface area (Å²) >= 11 is 0. The number of para-hydroxylation sites is 1. The first-order valence-electron chi connectivity index (χ1n) is 8.08. The van der Waals surface area contributed by atoms with Crippen molar-refractivity contribution < 1.29 is 9.84 Å². The summed E-state index contributed by atoms with van der Waals surface area (Å²) in [5.41, 5.74) is 2.07. The fraction of sp³-hybridized carbons (Fsp3) is 0.647. The molecular formula is C17H28Cl2N2O2. The van der Waals surface area contributed by atoms with Gasteiger partial charge < -0.3 is 15.2 Å². The number of hydrogen-bond donors (Lipinski definition) is 2. The molecule has 0 radical (unpaired) electrons. The van der Waals surface area contributed by atoms with Gasteiger partial charge in [-0.3, -0.25) is 4.90 Å². The SMILES string of the molecule is Cc1cccc([C@@H](C2CCOCC2)N2CCNCC2)c1O.Cl.Cl. The highest BCUT2D eigenvalue weighted by atomic mass is 35.5. The van der Waals surface area contributed by atoms with Crippen LogP contribution in [0.2, 0.25) is 0 Å². The van der Waals surface area contributed by atoms with Crippen LogP contribution in [0.5, 0.6) is 5.75 Å². The van der Waals surface area contributed by atoms with E-state index in [-0.39, 0.29) is 24.8 Å². The molecule has 1 aromatic rings. The van der Waals surface area contributed by atoms with Gasteiger partial charge in [-0.15, -0.1) is 24.8 Å². The van der Waals surface area contributed by atoms with Crippen LogP contribution in [0.15, 0.2) is 18.2 Å². The minimum atomic E-state index is 0. The number of ether oxygens (including phenoxy) is 1. The van der Waals surface area contributed by atoms with Crippen LogP contribution in [0.4, 0.5) is 0 Å². The molecule has 0 amide bonds. The molecule has 2 N–H and O–H groups in total. The number of benzene rings is 1. The van der Waals surface area contributed by atoms with Crippen LogP contribution in [0.1, 0.15) is 30.0 Å². The van der Waals surface area contributed by atoms with Gasteiger partial charge in [0, 0.05) is 51.0 Å². The Balaban J connectivity index is 0.00000132. The van der Waals surface area contributed by atoms with Crippen molar-refractivity contribution in [2.75, 3.05) is 39.4 Å². The molecule has 2 aliphatic rings. The number of piperazine rings is 1. The van der Waals surface area contributed by atoms with Crippen LogP contribution in [0, 0.1) is 12.8 Å². The molecule has 2 saturated heterocycles. The van der Waals surface area contributed by atoms with Gasteiger partial charge in [-0.05, 0) is 31.2 Å². The summed E-state index contributed by atoms with van der Waals surface area (Å²) in [7, 11) is 0. The zero-order chi connectivity index (χ0) is 14.7.